The number of imidazole rings is 1. The third kappa shape index (κ3) is 2.10. The number of nitro groups is 1. The average molecular weight is 310 g/mol. The molecule has 0 aliphatic carbocycles. The van der Waals surface area contributed by atoms with Crippen LogP contribution in [0, 0.1) is 17.0 Å². The SMILES string of the molecule is Cc1ccc(Cl)c(Oc2nc3sccn3c2[N+](=O)[O-])c1. The van der Waals surface area contributed by atoms with Gasteiger partial charge in [-0.15, -0.1) is 0 Å². The topological polar surface area (TPSA) is 69.7 Å². The summed E-state index contributed by atoms with van der Waals surface area (Å²) >= 11 is 7.32. The van der Waals surface area contributed by atoms with Gasteiger partial charge in [-0.05, 0) is 29.5 Å². The Bertz CT molecular complexity index is 811. The highest BCUT2D eigenvalue weighted by Crippen LogP contribution is 2.36. The zero-order valence-electron chi connectivity index (χ0n) is 10.2. The van der Waals surface area contributed by atoms with E-state index in [1.54, 1.807) is 23.7 Å². The Labute approximate surface area is 122 Å². The molecule has 0 fully saturated rings. The van der Waals surface area contributed by atoms with Gasteiger partial charge >= 0.3 is 11.7 Å². The minimum Gasteiger partial charge on any atom is -0.431 e. The first-order valence-corrected chi connectivity index (χ1v) is 6.86. The Morgan fingerprint density at radius 2 is 2.30 bits per heavy atom. The van der Waals surface area contributed by atoms with Crippen molar-refractivity contribution in [3.05, 3.63) is 50.5 Å². The molecule has 0 aliphatic rings. The summed E-state index contributed by atoms with van der Waals surface area (Å²) in [5.74, 6) is 0.0775. The molecule has 0 atom stereocenters. The maximum Gasteiger partial charge on any atom is 0.393 e. The molecule has 0 saturated heterocycles. The molecule has 20 heavy (non-hydrogen) atoms. The van der Waals surface area contributed by atoms with Crippen LogP contribution in [-0.4, -0.2) is 14.3 Å². The molecule has 3 rings (SSSR count). The molecule has 2 heterocycles. The number of halogens is 1. The molecule has 8 heteroatoms. The normalized spacial score (nSPS) is 10.9. The Kier molecular flexibility index (Phi) is 3.07. The van der Waals surface area contributed by atoms with Gasteiger partial charge in [-0.1, -0.05) is 29.0 Å². The molecule has 0 N–H and O–H groups in total. The zero-order chi connectivity index (χ0) is 14.3. The van der Waals surface area contributed by atoms with E-state index < -0.39 is 4.92 Å². The lowest BCUT2D eigenvalue weighted by atomic mass is 10.2. The number of benzene rings is 1. The van der Waals surface area contributed by atoms with Gasteiger partial charge in [-0.2, -0.15) is 9.38 Å². The predicted octanol–water partition coefficient (Wildman–Crippen LogP) is 4.06. The zero-order valence-corrected chi connectivity index (χ0v) is 11.8. The lowest BCUT2D eigenvalue weighted by molar-refractivity contribution is -0.391. The molecule has 0 radical (unpaired) electrons. The molecule has 0 bridgehead atoms. The Morgan fingerprint density at radius 3 is 3.05 bits per heavy atom. The average Bonchev–Trinajstić information content (AvgIpc) is 2.93. The van der Waals surface area contributed by atoms with Gasteiger partial charge in [0.15, 0.2) is 0 Å². The van der Waals surface area contributed by atoms with Crippen molar-refractivity contribution in [3.8, 4) is 11.6 Å². The third-order valence-electron chi connectivity index (χ3n) is 2.67. The lowest BCUT2D eigenvalue weighted by Gasteiger charge is -2.05. The van der Waals surface area contributed by atoms with Crippen molar-refractivity contribution in [2.45, 2.75) is 6.92 Å². The third-order valence-corrected chi connectivity index (χ3v) is 3.74. The van der Waals surface area contributed by atoms with Crippen LogP contribution < -0.4 is 4.74 Å². The molecule has 6 nitrogen and oxygen atoms in total. The van der Waals surface area contributed by atoms with Gasteiger partial charge in [0.05, 0.1) is 5.02 Å². The highest BCUT2D eigenvalue weighted by atomic mass is 35.5. The van der Waals surface area contributed by atoms with E-state index in [9.17, 15) is 10.1 Å². The van der Waals surface area contributed by atoms with Crippen LogP contribution in [0.4, 0.5) is 5.82 Å². The van der Waals surface area contributed by atoms with Crippen LogP contribution in [0.1, 0.15) is 5.56 Å². The van der Waals surface area contributed by atoms with Crippen LogP contribution in [-0.2, 0) is 0 Å². The fraction of sp³-hybridized carbons (Fsp3) is 0.0833. The van der Waals surface area contributed by atoms with Crippen molar-refractivity contribution in [1.29, 1.82) is 0 Å². The highest BCUT2D eigenvalue weighted by molar-refractivity contribution is 7.15. The van der Waals surface area contributed by atoms with Crippen molar-refractivity contribution in [3.63, 3.8) is 0 Å². The molecule has 102 valence electrons. The van der Waals surface area contributed by atoms with Crippen LogP contribution in [0.5, 0.6) is 11.6 Å². The Balaban J connectivity index is 2.10. The van der Waals surface area contributed by atoms with Crippen LogP contribution in [0.2, 0.25) is 5.02 Å². The van der Waals surface area contributed by atoms with Crippen molar-refractivity contribution in [2.75, 3.05) is 0 Å². The molecule has 2 aromatic heterocycles. The Hall–Kier alpha value is -2.12. The van der Waals surface area contributed by atoms with E-state index in [-0.39, 0.29) is 11.7 Å². The second kappa shape index (κ2) is 4.77. The van der Waals surface area contributed by atoms with E-state index in [2.05, 4.69) is 4.98 Å². The fourth-order valence-electron chi connectivity index (χ4n) is 1.78. The summed E-state index contributed by atoms with van der Waals surface area (Å²) in [5, 5.41) is 13.3. The van der Waals surface area contributed by atoms with Gasteiger partial charge < -0.3 is 14.9 Å². The van der Waals surface area contributed by atoms with Crippen LogP contribution in [0.15, 0.2) is 29.8 Å². The first-order valence-electron chi connectivity index (χ1n) is 5.60. The lowest BCUT2D eigenvalue weighted by Crippen LogP contribution is -1.95. The number of aryl methyl sites for hydroxylation is 1. The van der Waals surface area contributed by atoms with Crippen LogP contribution in [0.25, 0.3) is 4.96 Å². The number of rotatable bonds is 3. The summed E-state index contributed by atoms with van der Waals surface area (Å²) in [6.07, 6.45) is 1.58. The van der Waals surface area contributed by atoms with Gasteiger partial charge in [0.25, 0.3) is 4.96 Å². The summed E-state index contributed by atoms with van der Waals surface area (Å²) < 4.78 is 6.91. The van der Waals surface area contributed by atoms with E-state index in [1.165, 1.54) is 15.7 Å². The summed E-state index contributed by atoms with van der Waals surface area (Å²) in [6.45, 7) is 1.88. The highest BCUT2D eigenvalue weighted by Gasteiger charge is 2.26. The molecule has 0 aliphatic heterocycles. The summed E-state index contributed by atoms with van der Waals surface area (Å²) in [5.41, 5.74) is 0.938. The quantitative estimate of drug-likeness (QED) is 0.540. The van der Waals surface area contributed by atoms with Crippen LogP contribution in [0.3, 0.4) is 0 Å². The second-order valence-electron chi connectivity index (χ2n) is 4.09. The Morgan fingerprint density at radius 1 is 1.50 bits per heavy atom. The standard InChI is InChI=1S/C12H8ClN3O3S/c1-7-2-3-8(13)9(6-7)19-10-11(16(17)18)15-4-5-20-12(15)14-10/h2-6H,1H3. The van der Waals surface area contributed by atoms with Gasteiger partial charge in [0.2, 0.25) is 0 Å². The second-order valence-corrected chi connectivity index (χ2v) is 5.37. The summed E-state index contributed by atoms with van der Waals surface area (Å²) in [7, 11) is 0. The predicted molar refractivity (Wildman–Crippen MR) is 76.0 cm³/mol. The molecule has 0 amide bonds. The van der Waals surface area contributed by atoms with E-state index in [0.29, 0.717) is 15.7 Å². The summed E-state index contributed by atoms with van der Waals surface area (Å²) in [6, 6.07) is 5.21. The number of aromatic nitrogens is 2. The number of hydrogen-bond donors (Lipinski definition) is 0. The van der Waals surface area contributed by atoms with E-state index in [4.69, 9.17) is 16.3 Å². The minimum atomic E-state index is -0.522. The van der Waals surface area contributed by atoms with Gasteiger partial charge in [-0.3, -0.25) is 0 Å². The molecular weight excluding hydrogens is 302 g/mol. The van der Waals surface area contributed by atoms with Gasteiger partial charge in [0, 0.05) is 5.38 Å². The van der Waals surface area contributed by atoms with E-state index in [0.717, 1.165) is 5.56 Å². The minimum absolute atomic E-state index is 0.0608. The smallest absolute Gasteiger partial charge is 0.393 e. The van der Waals surface area contributed by atoms with Crippen molar-refractivity contribution < 1.29 is 9.66 Å². The van der Waals surface area contributed by atoms with E-state index >= 15 is 0 Å². The molecule has 3 aromatic rings. The maximum atomic E-state index is 11.2. The monoisotopic (exact) mass is 309 g/mol. The first-order chi connectivity index (χ1) is 9.56. The van der Waals surface area contributed by atoms with Crippen molar-refractivity contribution >= 4 is 33.7 Å². The maximum absolute atomic E-state index is 11.2. The largest absolute Gasteiger partial charge is 0.431 e. The molecular formula is C12H8ClN3O3S. The molecule has 0 spiro atoms. The number of hydrogen-bond acceptors (Lipinski definition) is 5. The van der Waals surface area contributed by atoms with Crippen molar-refractivity contribution in [1.82, 2.24) is 9.38 Å². The number of ether oxygens (including phenoxy) is 1. The van der Waals surface area contributed by atoms with Crippen LogP contribution >= 0.6 is 22.9 Å². The molecule has 0 saturated carbocycles. The van der Waals surface area contributed by atoms with Gasteiger partial charge in [0.1, 0.15) is 11.9 Å². The molecule has 0 unspecified atom stereocenters. The van der Waals surface area contributed by atoms with E-state index in [1.807, 2.05) is 13.0 Å². The summed E-state index contributed by atoms with van der Waals surface area (Å²) in [4.78, 5) is 15.3. The molecule has 1 aromatic carbocycles. The van der Waals surface area contributed by atoms with Crippen molar-refractivity contribution in [2.24, 2.45) is 0 Å². The number of thiazole rings is 1. The number of nitrogens with zero attached hydrogens (tertiary/aromatic N) is 3. The first kappa shape index (κ1) is 12.9. The van der Waals surface area contributed by atoms with Gasteiger partial charge in [-0.25, -0.2) is 0 Å². The number of fused-ring (bicyclic) bond motifs is 1. The fourth-order valence-corrected chi connectivity index (χ4v) is 2.64.